The summed E-state index contributed by atoms with van der Waals surface area (Å²) in [7, 11) is -1.51. The maximum absolute atomic E-state index is 13.5. The highest BCUT2D eigenvalue weighted by Crippen LogP contribution is 2.35. The van der Waals surface area contributed by atoms with Crippen LogP contribution in [0.25, 0.3) is 33.8 Å². The van der Waals surface area contributed by atoms with Crippen molar-refractivity contribution in [2.75, 3.05) is 68.8 Å². The molecule has 5 aromatic carbocycles. The summed E-state index contributed by atoms with van der Waals surface area (Å²) >= 11 is 9.73. The van der Waals surface area contributed by atoms with E-state index in [0.29, 0.717) is 81.3 Å². The number of amides is 1. The second-order valence-corrected chi connectivity index (χ2v) is 24.4. The van der Waals surface area contributed by atoms with E-state index < -0.39 is 25.2 Å². The van der Waals surface area contributed by atoms with Gasteiger partial charge in [0.05, 0.1) is 35.0 Å². The first-order chi connectivity index (χ1) is 44.9. The minimum Gasteiger partial charge on any atom is -0.486 e. The summed E-state index contributed by atoms with van der Waals surface area (Å²) in [5, 5.41) is 40.8. The number of benzene rings is 5. The smallest absolute Gasteiger partial charge is 0.486 e. The second-order valence-electron chi connectivity index (χ2n) is 22.0. The Kier molecular flexibility index (Phi) is 28.7. The standard InChI is InChI=1S/C31H35FN4O4.C16H15FN2O2.C11H7BrFN.C6H6BFO2.C5H3Br2N.2CH4/c32-24-9-6-21(7-10-24)25-4-3-5-29(33-25)36-15-12-23(19-36)31(38)34-26(20-35-13-1-2-14-35)30(37)22-8-11-27-28(18-22)40-17-16-39-27;17-13-6-4-11(5-7-13)14-2-1-3-15(18-14)19-9-8-12(10-19)16(20)21;12-11-3-1-2-10(14-11)8-4-6-9(13)7-5-8;8-6-3-1-5(2-4-6)7(9)10;6-4-2-1-3-5(7)8-4;;/h3-11,18,23,26,30,37H,1-2,12-17,19-20H2,(H,34,38);1-7,12H,8-10H2,(H,20,21);1-7H;1-4,9-10H;1-3H;2*1H4/t23-,26-,30-;12-;;;;;/m11...../s1. The number of rotatable bonds is 13. The monoisotopic (exact) mass is 1490 g/mol. The van der Waals surface area contributed by atoms with Crippen LogP contribution in [0.4, 0.5) is 29.2 Å². The van der Waals surface area contributed by atoms with Crippen molar-refractivity contribution in [2.45, 2.75) is 52.7 Å². The van der Waals surface area contributed by atoms with Crippen molar-refractivity contribution in [1.82, 2.24) is 30.2 Å². The zero-order chi connectivity index (χ0) is 65.8. The lowest BCUT2D eigenvalue weighted by molar-refractivity contribution is -0.141. The van der Waals surface area contributed by atoms with E-state index in [9.17, 15) is 32.3 Å². The molecule has 498 valence electrons. The largest absolute Gasteiger partial charge is 0.488 e. The Morgan fingerprint density at radius 2 is 0.958 bits per heavy atom. The number of pyridine rings is 4. The van der Waals surface area contributed by atoms with Crippen molar-refractivity contribution in [1.29, 1.82) is 0 Å². The van der Waals surface area contributed by atoms with Gasteiger partial charge in [-0.3, -0.25) is 9.59 Å². The Hall–Kier alpha value is -8.10. The van der Waals surface area contributed by atoms with E-state index in [1.54, 1.807) is 36.4 Å². The third-order valence-electron chi connectivity index (χ3n) is 15.5. The number of aliphatic carboxylic acids is 1. The zero-order valence-corrected chi connectivity index (χ0v) is 54.9. The zero-order valence-electron chi connectivity index (χ0n) is 50.2. The van der Waals surface area contributed by atoms with Gasteiger partial charge in [0, 0.05) is 49.4 Å². The number of aromatic nitrogens is 4. The quantitative estimate of drug-likeness (QED) is 0.0413. The summed E-state index contributed by atoms with van der Waals surface area (Å²) in [4.78, 5) is 48.6. The predicted octanol–water partition coefficient (Wildman–Crippen LogP) is 13.6. The normalized spacial score (nSPS) is 15.8. The van der Waals surface area contributed by atoms with E-state index in [2.05, 4.69) is 77.9 Å². The van der Waals surface area contributed by atoms with E-state index in [1.165, 1.54) is 60.7 Å². The number of halogens is 7. The van der Waals surface area contributed by atoms with Crippen molar-refractivity contribution < 1.29 is 56.9 Å². The van der Waals surface area contributed by atoms with E-state index in [-0.39, 0.29) is 55.9 Å². The lowest BCUT2D eigenvalue weighted by atomic mass is 9.80. The number of carbonyl (C=O) groups excluding carboxylic acids is 1. The summed E-state index contributed by atoms with van der Waals surface area (Å²) < 4.78 is 65.0. The van der Waals surface area contributed by atoms with Gasteiger partial charge in [0.1, 0.15) is 68.0 Å². The number of hydrogen-bond acceptors (Lipinski definition) is 14. The third-order valence-corrected chi connectivity index (χ3v) is 16.8. The van der Waals surface area contributed by atoms with Crippen LogP contribution < -0.4 is 30.1 Å². The average molecular weight is 1490 g/mol. The van der Waals surface area contributed by atoms with E-state index >= 15 is 0 Å². The molecule has 8 heterocycles. The summed E-state index contributed by atoms with van der Waals surface area (Å²) in [6.45, 7) is 5.92. The van der Waals surface area contributed by atoms with Gasteiger partial charge in [0.2, 0.25) is 5.91 Å². The molecule has 4 atom stereocenters. The highest BCUT2D eigenvalue weighted by Gasteiger charge is 2.34. The number of carbonyl (C=O) groups is 2. The second kappa shape index (κ2) is 36.7. The number of nitrogens with one attached hydrogen (secondary N) is 1. The molecule has 16 nitrogen and oxygen atoms in total. The number of likely N-dealkylation sites (tertiary alicyclic amines) is 1. The number of carboxylic acids is 1. The Bertz CT molecular complexity index is 3870. The summed E-state index contributed by atoms with van der Waals surface area (Å²) in [6, 6.07) is 51.5. The van der Waals surface area contributed by atoms with E-state index in [0.717, 1.165) is 85.1 Å². The van der Waals surface area contributed by atoms with Crippen LogP contribution in [-0.4, -0.2) is 129 Å². The molecule has 9 aromatic rings. The summed E-state index contributed by atoms with van der Waals surface area (Å²) in [5.41, 5.74) is 5.93. The molecule has 5 N–H and O–H groups in total. The SMILES string of the molecule is Brc1cccc(Br)n1.C.C.Fc1ccc(-c2cccc(Br)n2)cc1.O=C(N[C@H](CN1CCCC1)[C@H](O)c1ccc2c(c1)OCCO2)[C@@H]1CCN(c2cccc(-c3ccc(F)cc3)n2)C1.O=C(O)[C@@H]1CCN(c2cccc(-c3ccc(F)cc3)n2)C1.OB(O)c1ccc(F)cc1. The fourth-order valence-electron chi connectivity index (χ4n) is 10.6. The Balaban J connectivity index is 0.000000192. The number of nitrogens with zero attached hydrogens (tertiary/aromatic N) is 7. The van der Waals surface area contributed by atoms with Crippen molar-refractivity contribution in [3.63, 3.8) is 0 Å². The molecule has 1 amide bonds. The number of carboxylic acid groups (broad SMARTS) is 1. The van der Waals surface area contributed by atoms with Crippen molar-refractivity contribution in [3.8, 4) is 45.3 Å². The fraction of sp³-hybridized carbons (Fsp3) is 0.268. The molecule has 3 fully saturated rings. The number of aliphatic hydroxyl groups excluding tert-OH is 1. The molecule has 4 aliphatic rings. The predicted molar refractivity (Wildman–Crippen MR) is 374 cm³/mol. The average Bonchev–Trinajstić information content (AvgIpc) is 1.84. The van der Waals surface area contributed by atoms with Crippen molar-refractivity contribution >= 4 is 83.9 Å². The molecule has 0 aliphatic carbocycles. The Morgan fingerprint density at radius 1 is 0.537 bits per heavy atom. The van der Waals surface area contributed by atoms with Crippen LogP contribution in [0.2, 0.25) is 0 Å². The molecule has 0 radical (unpaired) electrons. The molecular weight excluding hydrogens is 1420 g/mol. The first kappa shape index (κ1) is 74.3. The number of fused-ring (bicyclic) bond motifs is 1. The fourth-order valence-corrected chi connectivity index (χ4v) is 11.8. The number of ether oxygens (including phenoxy) is 2. The van der Waals surface area contributed by atoms with Gasteiger partial charge in [-0.15, -0.1) is 0 Å². The lowest BCUT2D eigenvalue weighted by Crippen LogP contribution is -2.48. The van der Waals surface area contributed by atoms with Gasteiger partial charge in [-0.2, -0.15) is 0 Å². The molecule has 0 bridgehead atoms. The Morgan fingerprint density at radius 3 is 1.40 bits per heavy atom. The Labute approximate surface area is 576 Å². The third kappa shape index (κ3) is 22.2. The van der Waals surface area contributed by atoms with Crippen molar-refractivity contribution in [2.24, 2.45) is 11.8 Å². The minimum absolute atomic E-state index is 0. The maximum atomic E-state index is 13.5. The molecule has 13 rings (SSSR count). The van der Waals surface area contributed by atoms with Gasteiger partial charge in [0.15, 0.2) is 11.5 Å². The van der Waals surface area contributed by atoms with Gasteiger partial charge >= 0.3 is 13.1 Å². The number of hydrogen-bond donors (Lipinski definition) is 5. The molecule has 0 spiro atoms. The molecule has 0 saturated carbocycles. The van der Waals surface area contributed by atoms with Crippen LogP contribution in [0.5, 0.6) is 11.5 Å². The first-order valence-corrected chi connectivity index (χ1v) is 32.4. The van der Waals surface area contributed by atoms with Gasteiger partial charge in [-0.1, -0.05) is 57.3 Å². The van der Waals surface area contributed by atoms with Gasteiger partial charge < -0.3 is 49.8 Å². The number of anilines is 2. The van der Waals surface area contributed by atoms with Crippen LogP contribution in [0.15, 0.2) is 202 Å². The number of aliphatic hydroxyl groups is 1. The van der Waals surface area contributed by atoms with E-state index in [1.807, 2.05) is 95.9 Å². The highest BCUT2D eigenvalue weighted by molar-refractivity contribution is 9.11. The van der Waals surface area contributed by atoms with Crippen LogP contribution in [-0.2, 0) is 9.59 Å². The molecular formula is C71H74BBr3F4N8O8. The van der Waals surface area contributed by atoms with Crippen LogP contribution >= 0.6 is 47.8 Å². The molecule has 95 heavy (non-hydrogen) atoms. The van der Waals surface area contributed by atoms with Gasteiger partial charge in [0.25, 0.3) is 0 Å². The summed E-state index contributed by atoms with van der Waals surface area (Å²) in [6.07, 6.45) is 2.71. The van der Waals surface area contributed by atoms with E-state index in [4.69, 9.17) is 29.6 Å². The van der Waals surface area contributed by atoms with Crippen molar-refractivity contribution in [3.05, 3.63) is 231 Å². The van der Waals surface area contributed by atoms with Gasteiger partial charge in [-0.25, -0.2) is 37.5 Å². The van der Waals surface area contributed by atoms with Crippen LogP contribution in [0.3, 0.4) is 0 Å². The molecule has 4 aliphatic heterocycles. The minimum atomic E-state index is -1.51. The summed E-state index contributed by atoms with van der Waals surface area (Å²) in [5.74, 6) is 0.308. The maximum Gasteiger partial charge on any atom is 0.488 e. The topological polar surface area (TPSA) is 207 Å². The highest BCUT2D eigenvalue weighted by atomic mass is 79.9. The lowest BCUT2D eigenvalue weighted by Gasteiger charge is -2.30. The molecule has 3 saturated heterocycles. The van der Waals surface area contributed by atoms with Crippen LogP contribution in [0.1, 0.15) is 52.2 Å². The molecule has 0 unspecified atom stereocenters. The first-order valence-electron chi connectivity index (χ1n) is 30.0. The van der Waals surface area contributed by atoms with Crippen LogP contribution in [0, 0.1) is 35.1 Å². The van der Waals surface area contributed by atoms with Gasteiger partial charge in [-0.05, 0) is 243 Å². The molecule has 24 heteroatoms. The molecule has 4 aromatic heterocycles.